The molecule has 1 unspecified atom stereocenters. The normalized spacial score (nSPS) is 16.3. The van der Waals surface area contributed by atoms with E-state index in [0.717, 1.165) is 6.08 Å². The minimum Gasteiger partial charge on any atom is -0.331 e. The summed E-state index contributed by atoms with van der Waals surface area (Å²) < 4.78 is 28.9. The van der Waals surface area contributed by atoms with Crippen LogP contribution in [-0.2, 0) is 4.79 Å². The smallest absolute Gasteiger partial charge is 0.254 e. The summed E-state index contributed by atoms with van der Waals surface area (Å²) in [7, 11) is 0. The number of halogens is 2. The molecule has 3 rings (SSSR count). The van der Waals surface area contributed by atoms with E-state index in [-0.39, 0.29) is 17.4 Å². The Bertz CT molecular complexity index is 911. The van der Waals surface area contributed by atoms with Gasteiger partial charge in [-0.25, -0.2) is 8.78 Å². The van der Waals surface area contributed by atoms with Gasteiger partial charge in [0.1, 0.15) is 11.6 Å². The van der Waals surface area contributed by atoms with E-state index in [9.17, 15) is 18.4 Å². The fourth-order valence-electron chi connectivity index (χ4n) is 3.38. The molecular weight excluding hydrogens is 350 g/mol. The topological polar surface area (TPSA) is 49.4 Å². The van der Waals surface area contributed by atoms with Crippen LogP contribution in [0.2, 0.25) is 0 Å². The predicted octanol–water partition coefficient (Wildman–Crippen LogP) is 4.38. The maximum absolute atomic E-state index is 14.6. The van der Waals surface area contributed by atoms with E-state index >= 15 is 0 Å². The van der Waals surface area contributed by atoms with Crippen molar-refractivity contribution in [3.8, 4) is 0 Å². The quantitative estimate of drug-likeness (QED) is 0.813. The highest BCUT2D eigenvalue weighted by Gasteiger charge is 2.34. The number of aryl methyl sites for hydroxylation is 1. The molecule has 6 heteroatoms. The average Bonchev–Trinajstić information content (AvgIpc) is 3.14. The van der Waals surface area contributed by atoms with Crippen molar-refractivity contribution in [1.82, 2.24) is 4.90 Å². The zero-order valence-electron chi connectivity index (χ0n) is 15.0. The highest BCUT2D eigenvalue weighted by atomic mass is 19.1. The van der Waals surface area contributed by atoms with Crippen molar-refractivity contribution in [2.45, 2.75) is 25.8 Å². The number of carbonyl (C=O) groups is 2. The molecule has 2 aromatic carbocycles. The van der Waals surface area contributed by atoms with E-state index in [2.05, 4.69) is 11.9 Å². The Morgan fingerprint density at radius 3 is 2.78 bits per heavy atom. The molecule has 1 N–H and O–H groups in total. The van der Waals surface area contributed by atoms with Crippen molar-refractivity contribution in [3.63, 3.8) is 0 Å². The number of anilines is 1. The van der Waals surface area contributed by atoms with Gasteiger partial charge in [-0.2, -0.15) is 0 Å². The number of benzene rings is 2. The van der Waals surface area contributed by atoms with Gasteiger partial charge in [-0.05, 0) is 55.7 Å². The van der Waals surface area contributed by atoms with Crippen molar-refractivity contribution in [2.24, 2.45) is 0 Å². The van der Waals surface area contributed by atoms with Crippen LogP contribution in [-0.4, -0.2) is 23.3 Å². The molecule has 4 nitrogen and oxygen atoms in total. The Morgan fingerprint density at radius 1 is 1.26 bits per heavy atom. The Kier molecular flexibility index (Phi) is 5.35. The van der Waals surface area contributed by atoms with E-state index in [1.54, 1.807) is 31.2 Å². The van der Waals surface area contributed by atoms with E-state index in [1.807, 2.05) is 0 Å². The predicted molar refractivity (Wildman–Crippen MR) is 99.4 cm³/mol. The Balaban J connectivity index is 1.91. The van der Waals surface area contributed by atoms with Gasteiger partial charge >= 0.3 is 0 Å². The minimum atomic E-state index is -0.649. The molecular formula is C21H20F2N2O2. The first kappa shape index (κ1) is 18.8. The summed E-state index contributed by atoms with van der Waals surface area (Å²) in [5, 5.41) is 2.60. The number of nitrogens with zero attached hydrogens (tertiary/aromatic N) is 1. The molecule has 0 aromatic heterocycles. The van der Waals surface area contributed by atoms with Crippen LogP contribution in [0, 0.1) is 18.6 Å². The molecule has 0 saturated carbocycles. The van der Waals surface area contributed by atoms with Crippen LogP contribution >= 0.6 is 0 Å². The maximum atomic E-state index is 14.6. The van der Waals surface area contributed by atoms with Crippen molar-refractivity contribution >= 4 is 17.5 Å². The Morgan fingerprint density at radius 2 is 2.04 bits per heavy atom. The summed E-state index contributed by atoms with van der Waals surface area (Å²) in [6.07, 6.45) is 2.29. The number of carbonyl (C=O) groups excluding carboxylic acids is 2. The van der Waals surface area contributed by atoms with E-state index < -0.39 is 17.7 Å². The molecule has 2 aromatic rings. The van der Waals surface area contributed by atoms with Gasteiger partial charge in [0.05, 0.1) is 6.04 Å². The molecule has 1 fully saturated rings. The van der Waals surface area contributed by atoms with Gasteiger partial charge in [-0.1, -0.05) is 18.7 Å². The van der Waals surface area contributed by atoms with Gasteiger partial charge in [0, 0.05) is 23.4 Å². The molecule has 2 amide bonds. The van der Waals surface area contributed by atoms with Gasteiger partial charge in [-0.15, -0.1) is 0 Å². The molecule has 140 valence electrons. The summed E-state index contributed by atoms with van der Waals surface area (Å²) in [4.78, 5) is 25.9. The minimum absolute atomic E-state index is 0.0584. The average molecular weight is 370 g/mol. The van der Waals surface area contributed by atoms with Crippen LogP contribution < -0.4 is 5.32 Å². The van der Waals surface area contributed by atoms with Gasteiger partial charge in [0.15, 0.2) is 0 Å². The summed E-state index contributed by atoms with van der Waals surface area (Å²) in [5.74, 6) is -1.96. The maximum Gasteiger partial charge on any atom is 0.254 e. The van der Waals surface area contributed by atoms with Crippen LogP contribution in [0.25, 0.3) is 0 Å². The Labute approximate surface area is 156 Å². The number of rotatable bonds is 4. The Hall–Kier alpha value is -3.02. The number of likely N-dealkylation sites (tertiary alicyclic amines) is 1. The molecule has 1 heterocycles. The van der Waals surface area contributed by atoms with E-state index in [4.69, 9.17) is 0 Å². The largest absolute Gasteiger partial charge is 0.331 e. The third-order valence-corrected chi connectivity index (χ3v) is 4.73. The molecule has 27 heavy (non-hydrogen) atoms. The molecule has 1 aliphatic rings. The lowest BCUT2D eigenvalue weighted by atomic mass is 10.00. The SMILES string of the molecule is C=CC(=O)Nc1cccc(C(=O)N2CCCC2c2c(F)ccc(C)c2F)c1. The van der Waals surface area contributed by atoms with Crippen molar-refractivity contribution in [1.29, 1.82) is 0 Å². The summed E-state index contributed by atoms with van der Waals surface area (Å²) in [5.41, 5.74) is 1.09. The highest BCUT2D eigenvalue weighted by Crippen LogP contribution is 2.36. The van der Waals surface area contributed by atoms with Crippen LogP contribution in [0.15, 0.2) is 49.1 Å². The zero-order chi connectivity index (χ0) is 19.6. The van der Waals surface area contributed by atoms with E-state index in [0.29, 0.717) is 36.2 Å². The molecule has 0 aliphatic carbocycles. The molecule has 0 bridgehead atoms. The number of hydrogen-bond donors (Lipinski definition) is 1. The van der Waals surface area contributed by atoms with Crippen molar-refractivity contribution in [3.05, 3.63) is 77.4 Å². The first-order valence-corrected chi connectivity index (χ1v) is 8.71. The number of nitrogens with one attached hydrogen (secondary N) is 1. The van der Waals surface area contributed by atoms with Gasteiger partial charge in [0.25, 0.3) is 5.91 Å². The second-order valence-electron chi connectivity index (χ2n) is 6.52. The third-order valence-electron chi connectivity index (χ3n) is 4.73. The highest BCUT2D eigenvalue weighted by molar-refractivity contribution is 6.01. The van der Waals surface area contributed by atoms with E-state index in [1.165, 1.54) is 17.0 Å². The number of hydrogen-bond acceptors (Lipinski definition) is 2. The van der Waals surface area contributed by atoms with Crippen LogP contribution in [0.4, 0.5) is 14.5 Å². The first-order valence-electron chi connectivity index (χ1n) is 8.71. The standard InChI is InChI=1S/C21H20F2N2O2/c1-3-18(26)24-15-7-4-6-14(12-15)21(27)25-11-5-8-17(25)19-16(22)10-9-13(2)20(19)23/h3-4,6-7,9-10,12,17H,1,5,8,11H2,2H3,(H,24,26). The molecule has 1 atom stereocenters. The lowest BCUT2D eigenvalue weighted by Crippen LogP contribution is -2.31. The second-order valence-corrected chi connectivity index (χ2v) is 6.52. The summed E-state index contributed by atoms with van der Waals surface area (Å²) in [6, 6.07) is 8.43. The third kappa shape index (κ3) is 3.74. The zero-order valence-corrected chi connectivity index (χ0v) is 15.0. The van der Waals surface area contributed by atoms with Gasteiger partial charge in [0.2, 0.25) is 5.91 Å². The first-order chi connectivity index (χ1) is 12.9. The molecule has 0 spiro atoms. The van der Waals surface area contributed by atoms with Gasteiger partial charge in [-0.3, -0.25) is 9.59 Å². The fraction of sp³-hybridized carbons (Fsp3) is 0.238. The van der Waals surface area contributed by atoms with Crippen molar-refractivity contribution in [2.75, 3.05) is 11.9 Å². The van der Waals surface area contributed by atoms with Crippen molar-refractivity contribution < 1.29 is 18.4 Å². The molecule has 1 saturated heterocycles. The fourth-order valence-corrected chi connectivity index (χ4v) is 3.38. The van der Waals surface area contributed by atoms with Gasteiger partial charge < -0.3 is 10.2 Å². The van der Waals surface area contributed by atoms with Crippen LogP contribution in [0.1, 0.15) is 40.4 Å². The lowest BCUT2D eigenvalue weighted by molar-refractivity contribution is -0.111. The van der Waals surface area contributed by atoms with Crippen LogP contribution in [0.5, 0.6) is 0 Å². The number of amides is 2. The lowest BCUT2D eigenvalue weighted by Gasteiger charge is -2.26. The molecule has 0 radical (unpaired) electrons. The summed E-state index contributed by atoms with van der Waals surface area (Å²) >= 11 is 0. The second kappa shape index (κ2) is 7.70. The molecule has 1 aliphatic heterocycles. The summed E-state index contributed by atoms with van der Waals surface area (Å²) in [6.45, 7) is 5.38. The monoisotopic (exact) mass is 370 g/mol. The van der Waals surface area contributed by atoms with Crippen LogP contribution in [0.3, 0.4) is 0 Å².